The Morgan fingerprint density at radius 3 is 2.72 bits per heavy atom. The molecule has 0 spiro atoms. The molecular formula is C18H14F5N5O. The molecule has 3 heterocycles. The van der Waals surface area contributed by atoms with Crippen molar-refractivity contribution in [3.63, 3.8) is 0 Å². The molecule has 1 fully saturated rings. The Hall–Kier alpha value is -3.24. The van der Waals surface area contributed by atoms with Crippen LogP contribution in [0.15, 0.2) is 36.5 Å². The highest BCUT2D eigenvalue weighted by molar-refractivity contribution is 5.94. The number of halogens is 5. The van der Waals surface area contributed by atoms with Crippen LogP contribution in [0.5, 0.6) is 0 Å². The number of hydrogen-bond acceptors (Lipinski definition) is 4. The number of imidazole rings is 1. The lowest BCUT2D eigenvalue weighted by atomic mass is 10.0. The molecule has 29 heavy (non-hydrogen) atoms. The number of carbonyl (C=O) groups excluding carboxylic acids is 1. The van der Waals surface area contributed by atoms with Crippen LogP contribution in [0.2, 0.25) is 0 Å². The summed E-state index contributed by atoms with van der Waals surface area (Å²) in [4.78, 5) is 16.9. The number of amides is 1. The number of fused-ring (bicyclic) bond motifs is 1. The van der Waals surface area contributed by atoms with Gasteiger partial charge in [-0.15, -0.1) is 5.10 Å². The Labute approximate surface area is 160 Å². The summed E-state index contributed by atoms with van der Waals surface area (Å²) in [7, 11) is 0. The number of aromatic nitrogens is 3. The number of carbonyl (C=O) groups is 1. The second kappa shape index (κ2) is 6.98. The first-order valence-corrected chi connectivity index (χ1v) is 8.68. The van der Waals surface area contributed by atoms with Crippen LogP contribution in [-0.2, 0) is 4.79 Å². The van der Waals surface area contributed by atoms with Gasteiger partial charge in [-0.05, 0) is 43.2 Å². The van der Waals surface area contributed by atoms with Crippen molar-refractivity contribution in [3.8, 4) is 0 Å². The molecule has 2 aromatic heterocycles. The van der Waals surface area contributed by atoms with E-state index in [2.05, 4.69) is 10.1 Å². The molecule has 0 radical (unpaired) electrons. The Bertz CT molecular complexity index is 1080. The van der Waals surface area contributed by atoms with E-state index >= 15 is 0 Å². The molecule has 6 nitrogen and oxygen atoms in total. The predicted molar refractivity (Wildman–Crippen MR) is 93.4 cm³/mol. The van der Waals surface area contributed by atoms with E-state index in [1.807, 2.05) is 0 Å². The molecular weight excluding hydrogens is 397 g/mol. The SMILES string of the molecule is O=C(Nc1cnc2ccc(N3CCC[C@H]3c3cc(F)ccc3F)nn12)C(F)(F)F. The quantitative estimate of drug-likeness (QED) is 0.665. The van der Waals surface area contributed by atoms with Gasteiger partial charge in [-0.3, -0.25) is 4.79 Å². The number of benzene rings is 1. The normalized spacial score (nSPS) is 17.1. The van der Waals surface area contributed by atoms with Gasteiger partial charge in [-0.25, -0.2) is 13.8 Å². The van der Waals surface area contributed by atoms with Crippen LogP contribution in [0.25, 0.3) is 5.65 Å². The molecule has 3 aromatic rings. The largest absolute Gasteiger partial charge is 0.471 e. The molecule has 0 saturated carbocycles. The van der Waals surface area contributed by atoms with Crippen LogP contribution in [0, 0.1) is 11.6 Å². The zero-order chi connectivity index (χ0) is 20.8. The maximum absolute atomic E-state index is 14.3. The standard InChI is InChI=1S/C18H14F5N5O/c19-10-3-4-12(20)11(8-10)13-2-1-7-27(13)15-6-5-14-24-9-16(28(14)26-15)25-17(29)18(21,22)23/h3-6,8-9,13H,1-2,7H2,(H,25,29)/t13-/m0/s1. The minimum atomic E-state index is -5.06. The van der Waals surface area contributed by atoms with Gasteiger partial charge < -0.3 is 10.2 Å². The third-order valence-electron chi connectivity index (χ3n) is 4.71. The maximum Gasteiger partial charge on any atom is 0.471 e. The van der Waals surface area contributed by atoms with Crippen molar-refractivity contribution in [1.29, 1.82) is 0 Å². The number of alkyl halides is 3. The summed E-state index contributed by atoms with van der Waals surface area (Å²) in [5, 5.41) is 5.99. The number of anilines is 2. The molecule has 1 saturated heterocycles. The van der Waals surface area contributed by atoms with Gasteiger partial charge in [0.15, 0.2) is 11.5 Å². The molecule has 1 aliphatic heterocycles. The first-order chi connectivity index (χ1) is 13.7. The smallest absolute Gasteiger partial charge is 0.348 e. The lowest BCUT2D eigenvalue weighted by Gasteiger charge is -2.26. The Morgan fingerprint density at radius 2 is 1.97 bits per heavy atom. The van der Waals surface area contributed by atoms with Gasteiger partial charge in [-0.1, -0.05) is 0 Å². The molecule has 4 rings (SSSR count). The molecule has 11 heteroatoms. The lowest BCUT2D eigenvalue weighted by Crippen LogP contribution is -2.30. The summed E-state index contributed by atoms with van der Waals surface area (Å²) in [5.41, 5.74) is 0.402. The Balaban J connectivity index is 1.69. The molecule has 1 N–H and O–H groups in total. The second-order valence-corrected chi connectivity index (χ2v) is 6.57. The van der Waals surface area contributed by atoms with Crippen molar-refractivity contribution in [2.24, 2.45) is 0 Å². The van der Waals surface area contributed by atoms with E-state index in [-0.39, 0.29) is 17.0 Å². The van der Waals surface area contributed by atoms with E-state index in [0.717, 1.165) is 28.9 Å². The van der Waals surface area contributed by atoms with Gasteiger partial charge in [0.25, 0.3) is 0 Å². The summed E-state index contributed by atoms with van der Waals surface area (Å²) < 4.78 is 66.6. The highest BCUT2D eigenvalue weighted by atomic mass is 19.4. The van der Waals surface area contributed by atoms with Gasteiger partial charge in [0, 0.05) is 12.1 Å². The van der Waals surface area contributed by atoms with Crippen LogP contribution < -0.4 is 10.2 Å². The Kier molecular flexibility index (Phi) is 4.59. The molecule has 1 amide bonds. The van der Waals surface area contributed by atoms with Gasteiger partial charge in [0.05, 0.1) is 12.2 Å². The third kappa shape index (κ3) is 3.59. The van der Waals surface area contributed by atoms with Crippen LogP contribution in [0.1, 0.15) is 24.4 Å². The topological polar surface area (TPSA) is 62.5 Å². The molecule has 1 aromatic carbocycles. The highest BCUT2D eigenvalue weighted by Crippen LogP contribution is 2.36. The average molecular weight is 411 g/mol. The average Bonchev–Trinajstić information content (AvgIpc) is 3.30. The monoisotopic (exact) mass is 411 g/mol. The second-order valence-electron chi connectivity index (χ2n) is 6.57. The zero-order valence-corrected chi connectivity index (χ0v) is 14.7. The van der Waals surface area contributed by atoms with Gasteiger partial charge >= 0.3 is 12.1 Å². The van der Waals surface area contributed by atoms with Crippen LogP contribution in [0.4, 0.5) is 33.6 Å². The first kappa shape index (κ1) is 19.1. The number of hydrogen-bond donors (Lipinski definition) is 1. The number of nitrogens with one attached hydrogen (secondary N) is 1. The van der Waals surface area contributed by atoms with Crippen molar-refractivity contribution in [3.05, 3.63) is 53.7 Å². The summed E-state index contributed by atoms with van der Waals surface area (Å²) in [6.07, 6.45) is -2.75. The van der Waals surface area contributed by atoms with E-state index in [0.29, 0.717) is 25.2 Å². The fourth-order valence-corrected chi connectivity index (χ4v) is 3.42. The van der Waals surface area contributed by atoms with E-state index in [4.69, 9.17) is 0 Å². The molecule has 1 aliphatic rings. The molecule has 1 atom stereocenters. The zero-order valence-electron chi connectivity index (χ0n) is 14.7. The fraction of sp³-hybridized carbons (Fsp3) is 0.278. The van der Waals surface area contributed by atoms with Crippen LogP contribution >= 0.6 is 0 Å². The van der Waals surface area contributed by atoms with Crippen molar-refractivity contribution in [1.82, 2.24) is 14.6 Å². The fourth-order valence-electron chi connectivity index (χ4n) is 3.42. The van der Waals surface area contributed by atoms with Gasteiger partial charge in [0.2, 0.25) is 0 Å². The van der Waals surface area contributed by atoms with Crippen molar-refractivity contribution >= 4 is 23.2 Å². The minimum Gasteiger partial charge on any atom is -0.348 e. The summed E-state index contributed by atoms with van der Waals surface area (Å²) in [5.74, 6) is -3.18. The molecule has 152 valence electrons. The van der Waals surface area contributed by atoms with E-state index in [1.54, 1.807) is 16.3 Å². The van der Waals surface area contributed by atoms with Gasteiger partial charge in [0.1, 0.15) is 17.5 Å². The highest BCUT2D eigenvalue weighted by Gasteiger charge is 2.39. The lowest BCUT2D eigenvalue weighted by molar-refractivity contribution is -0.167. The van der Waals surface area contributed by atoms with E-state index < -0.39 is 29.8 Å². The van der Waals surface area contributed by atoms with Crippen molar-refractivity contribution in [2.45, 2.75) is 25.1 Å². The summed E-state index contributed by atoms with van der Waals surface area (Å²) >= 11 is 0. The Morgan fingerprint density at radius 1 is 1.17 bits per heavy atom. The minimum absolute atomic E-state index is 0.181. The van der Waals surface area contributed by atoms with E-state index in [1.165, 1.54) is 6.07 Å². The maximum atomic E-state index is 14.3. The number of nitrogens with zero attached hydrogens (tertiary/aromatic N) is 4. The first-order valence-electron chi connectivity index (χ1n) is 8.68. The molecule has 0 unspecified atom stereocenters. The molecule has 0 bridgehead atoms. The number of rotatable bonds is 3. The van der Waals surface area contributed by atoms with Crippen LogP contribution in [0.3, 0.4) is 0 Å². The predicted octanol–water partition coefficient (Wildman–Crippen LogP) is 3.85. The van der Waals surface area contributed by atoms with Crippen molar-refractivity contribution < 1.29 is 26.7 Å². The third-order valence-corrected chi connectivity index (χ3v) is 4.71. The molecule has 0 aliphatic carbocycles. The summed E-state index contributed by atoms with van der Waals surface area (Å²) in [6, 6.07) is 5.84. The van der Waals surface area contributed by atoms with Crippen LogP contribution in [-0.4, -0.2) is 33.2 Å². The summed E-state index contributed by atoms with van der Waals surface area (Å²) in [6.45, 7) is 0.498. The van der Waals surface area contributed by atoms with Gasteiger partial charge in [-0.2, -0.15) is 17.7 Å². The van der Waals surface area contributed by atoms with E-state index in [9.17, 15) is 26.7 Å². The van der Waals surface area contributed by atoms with Crippen molar-refractivity contribution in [2.75, 3.05) is 16.8 Å².